The summed E-state index contributed by atoms with van der Waals surface area (Å²) >= 11 is 0. The molecule has 7 nitrogen and oxygen atoms in total. The first-order chi connectivity index (χ1) is 14.7. The second-order valence-electron chi connectivity index (χ2n) is 9.00. The maximum Gasteiger partial charge on any atom is 0.274 e. The molecule has 31 heavy (non-hydrogen) atoms. The van der Waals surface area contributed by atoms with Crippen molar-refractivity contribution in [3.05, 3.63) is 53.2 Å². The molecule has 0 spiro atoms. The Balaban J connectivity index is 1.66. The molecule has 0 radical (unpaired) electrons. The molecule has 3 N–H and O–H groups in total. The normalized spacial score (nSPS) is 19.5. The quantitative estimate of drug-likeness (QED) is 0.565. The van der Waals surface area contributed by atoms with Crippen LogP contribution < -0.4 is 5.32 Å². The van der Waals surface area contributed by atoms with Crippen molar-refractivity contribution in [3.8, 4) is 0 Å². The molecule has 3 aromatic rings. The summed E-state index contributed by atoms with van der Waals surface area (Å²) < 4.78 is 6.07. The number of hydrogen-bond acceptors (Lipinski definition) is 6. The van der Waals surface area contributed by atoms with E-state index in [1.54, 1.807) is 38.1 Å². The van der Waals surface area contributed by atoms with Crippen molar-refractivity contribution < 1.29 is 19.4 Å². The van der Waals surface area contributed by atoms with E-state index in [1.807, 2.05) is 13.0 Å². The van der Waals surface area contributed by atoms with E-state index in [1.165, 1.54) is 0 Å². The summed E-state index contributed by atoms with van der Waals surface area (Å²) in [4.78, 5) is 21.7. The van der Waals surface area contributed by atoms with Crippen LogP contribution in [0.15, 0.2) is 34.7 Å². The summed E-state index contributed by atoms with van der Waals surface area (Å²) in [5.41, 5.74) is 2.13. The highest BCUT2D eigenvalue weighted by atomic mass is 16.3. The Bertz CT molecular complexity index is 1090. The zero-order valence-corrected chi connectivity index (χ0v) is 18.2. The molecule has 7 heteroatoms. The summed E-state index contributed by atoms with van der Waals surface area (Å²) in [6, 6.07) is 8.77. The van der Waals surface area contributed by atoms with Crippen LogP contribution in [0.3, 0.4) is 0 Å². The van der Waals surface area contributed by atoms with Crippen LogP contribution in [0.2, 0.25) is 0 Å². The van der Waals surface area contributed by atoms with E-state index in [9.17, 15) is 15.0 Å². The zero-order chi connectivity index (χ0) is 22.2. The Labute approximate surface area is 181 Å². The number of carbonyl (C=O) groups excluding carboxylic acids is 1. The molecule has 1 saturated carbocycles. The summed E-state index contributed by atoms with van der Waals surface area (Å²) in [7, 11) is 0. The maximum absolute atomic E-state index is 12.8. The van der Waals surface area contributed by atoms with Crippen LogP contribution in [0.4, 0.5) is 5.69 Å². The number of hydrogen-bond donors (Lipinski definition) is 3. The molecule has 1 aliphatic carbocycles. The van der Waals surface area contributed by atoms with Crippen molar-refractivity contribution in [2.75, 3.05) is 11.9 Å². The van der Waals surface area contributed by atoms with Gasteiger partial charge < -0.3 is 19.9 Å². The molecular weight excluding hydrogens is 394 g/mol. The summed E-state index contributed by atoms with van der Waals surface area (Å²) in [5.74, 6) is 0.905. The molecule has 4 rings (SSSR count). The highest BCUT2D eigenvalue weighted by Gasteiger charge is 2.28. The number of anilines is 1. The van der Waals surface area contributed by atoms with Crippen LogP contribution in [0.1, 0.15) is 73.1 Å². The lowest BCUT2D eigenvalue weighted by Gasteiger charge is -2.24. The minimum absolute atomic E-state index is 0.218. The van der Waals surface area contributed by atoms with Crippen LogP contribution in [0.25, 0.3) is 11.1 Å². The fourth-order valence-corrected chi connectivity index (χ4v) is 4.22. The van der Waals surface area contributed by atoms with Crippen molar-refractivity contribution in [1.82, 2.24) is 9.97 Å². The predicted molar refractivity (Wildman–Crippen MR) is 118 cm³/mol. The Kier molecular flexibility index (Phi) is 5.81. The fourth-order valence-electron chi connectivity index (χ4n) is 4.22. The zero-order valence-electron chi connectivity index (χ0n) is 18.2. The monoisotopic (exact) mass is 423 g/mol. The number of aromatic nitrogens is 2. The van der Waals surface area contributed by atoms with Gasteiger partial charge in [-0.1, -0.05) is 6.07 Å². The van der Waals surface area contributed by atoms with Crippen molar-refractivity contribution in [2.45, 2.75) is 58.0 Å². The lowest BCUT2D eigenvalue weighted by atomic mass is 9.82. The summed E-state index contributed by atoms with van der Waals surface area (Å²) in [5, 5.41) is 23.0. The number of aryl methyl sites for hydroxylation is 1. The third-order valence-corrected chi connectivity index (χ3v) is 6.03. The molecule has 0 bridgehead atoms. The second-order valence-corrected chi connectivity index (χ2v) is 9.00. The number of oxazole rings is 1. The number of benzene rings is 1. The number of nitrogens with one attached hydrogen (secondary N) is 1. The van der Waals surface area contributed by atoms with E-state index in [0.29, 0.717) is 39.9 Å². The summed E-state index contributed by atoms with van der Waals surface area (Å²) in [6.07, 6.45) is 3.78. The van der Waals surface area contributed by atoms with Gasteiger partial charge in [-0.25, -0.2) is 9.97 Å². The van der Waals surface area contributed by atoms with Gasteiger partial charge in [0.15, 0.2) is 11.5 Å². The first-order valence-corrected chi connectivity index (χ1v) is 10.8. The molecule has 1 fully saturated rings. The Morgan fingerprint density at radius 3 is 2.58 bits per heavy atom. The lowest BCUT2D eigenvalue weighted by molar-refractivity contribution is 0.0793. The molecule has 0 saturated heterocycles. The molecule has 0 aliphatic heterocycles. The average Bonchev–Trinajstić information content (AvgIpc) is 3.15. The number of rotatable bonds is 5. The first kappa shape index (κ1) is 21.5. The van der Waals surface area contributed by atoms with Gasteiger partial charge >= 0.3 is 0 Å². The van der Waals surface area contributed by atoms with Gasteiger partial charge in [-0.2, -0.15) is 0 Å². The van der Waals surface area contributed by atoms with Crippen molar-refractivity contribution >= 4 is 22.7 Å². The van der Waals surface area contributed by atoms with E-state index in [2.05, 4.69) is 15.3 Å². The van der Waals surface area contributed by atoms with E-state index in [-0.39, 0.29) is 18.4 Å². The van der Waals surface area contributed by atoms with Gasteiger partial charge in [-0.05, 0) is 70.6 Å². The molecule has 2 heterocycles. The third kappa shape index (κ3) is 4.62. The van der Waals surface area contributed by atoms with Crippen LogP contribution >= 0.6 is 0 Å². The second kappa shape index (κ2) is 8.40. The van der Waals surface area contributed by atoms with Crippen molar-refractivity contribution in [2.24, 2.45) is 5.92 Å². The molecule has 0 atom stereocenters. The molecule has 1 aliphatic rings. The smallest absolute Gasteiger partial charge is 0.274 e. The SMILES string of the molecule is Cc1cccc(C(=O)Nc2cc3oc(C4CCC(CO)CC4)nc3cc2C(C)(C)O)n1. The van der Waals surface area contributed by atoms with Crippen LogP contribution in [-0.2, 0) is 5.60 Å². The van der Waals surface area contributed by atoms with Crippen LogP contribution in [0.5, 0.6) is 0 Å². The molecule has 0 unspecified atom stereocenters. The fraction of sp³-hybridized carbons (Fsp3) is 0.458. The molecule has 2 aromatic heterocycles. The topological polar surface area (TPSA) is 108 Å². The number of nitrogens with zero attached hydrogens (tertiary/aromatic N) is 2. The van der Waals surface area contributed by atoms with E-state index >= 15 is 0 Å². The molecular formula is C24H29N3O4. The van der Waals surface area contributed by atoms with Crippen LogP contribution in [0, 0.1) is 12.8 Å². The number of amides is 1. The number of fused-ring (bicyclic) bond motifs is 1. The van der Waals surface area contributed by atoms with Crippen molar-refractivity contribution in [1.29, 1.82) is 0 Å². The first-order valence-electron chi connectivity index (χ1n) is 10.8. The van der Waals surface area contributed by atoms with Crippen LogP contribution in [-0.4, -0.2) is 32.7 Å². The Morgan fingerprint density at radius 1 is 1.19 bits per heavy atom. The molecule has 164 valence electrons. The summed E-state index contributed by atoms with van der Waals surface area (Å²) in [6.45, 7) is 5.40. The maximum atomic E-state index is 12.8. The Hall–Kier alpha value is -2.77. The number of pyridine rings is 1. The van der Waals surface area contributed by atoms with Gasteiger partial charge in [0.2, 0.25) is 0 Å². The predicted octanol–water partition coefficient (Wildman–Crippen LogP) is 4.28. The van der Waals surface area contributed by atoms with E-state index < -0.39 is 5.60 Å². The number of aliphatic hydroxyl groups excluding tert-OH is 1. The third-order valence-electron chi connectivity index (χ3n) is 6.03. The van der Waals surface area contributed by atoms with E-state index in [4.69, 9.17) is 4.42 Å². The minimum Gasteiger partial charge on any atom is -0.440 e. The highest BCUT2D eigenvalue weighted by molar-refractivity contribution is 6.04. The number of aliphatic hydroxyl groups is 2. The van der Waals surface area contributed by atoms with Gasteiger partial charge in [-0.3, -0.25) is 4.79 Å². The molecule has 1 amide bonds. The largest absolute Gasteiger partial charge is 0.440 e. The van der Waals surface area contributed by atoms with Crippen molar-refractivity contribution in [3.63, 3.8) is 0 Å². The molecule has 1 aromatic carbocycles. The van der Waals surface area contributed by atoms with Gasteiger partial charge in [0.1, 0.15) is 11.2 Å². The van der Waals surface area contributed by atoms with Gasteiger partial charge in [0, 0.05) is 29.8 Å². The Morgan fingerprint density at radius 2 is 1.94 bits per heavy atom. The standard InChI is InChI=1S/C24H29N3O4/c1-14-5-4-6-18(25-14)22(29)26-19-12-21-20(11-17(19)24(2,3)30)27-23(31-21)16-9-7-15(13-28)8-10-16/h4-6,11-12,15-16,28,30H,7-10,13H2,1-3H3,(H,26,29). The van der Waals surface area contributed by atoms with E-state index in [0.717, 1.165) is 31.4 Å². The van der Waals surface area contributed by atoms with Gasteiger partial charge in [0.25, 0.3) is 5.91 Å². The van der Waals surface area contributed by atoms with Gasteiger partial charge in [0.05, 0.1) is 11.3 Å². The number of carbonyl (C=O) groups is 1. The van der Waals surface area contributed by atoms with Gasteiger partial charge in [-0.15, -0.1) is 0 Å². The highest BCUT2D eigenvalue weighted by Crippen LogP contribution is 2.38. The lowest BCUT2D eigenvalue weighted by Crippen LogP contribution is -2.21. The minimum atomic E-state index is -1.19. The average molecular weight is 424 g/mol.